The number of thiol groups is 1. The Hall–Kier alpha value is -3.11. The van der Waals surface area contributed by atoms with Crippen molar-refractivity contribution < 1.29 is 39.3 Å². The molecule has 182 valence electrons. The molecule has 16 heteroatoms. The van der Waals surface area contributed by atoms with E-state index in [-0.39, 0.29) is 31.1 Å². The van der Waals surface area contributed by atoms with Gasteiger partial charge < -0.3 is 48.5 Å². The molecule has 0 radical (unpaired) electrons. The quantitative estimate of drug-likeness (QED) is 0.0461. The number of aliphatic imine (C=N–C) groups is 1. The minimum absolute atomic E-state index is 0.00397. The Morgan fingerprint density at radius 1 is 0.906 bits per heavy atom. The van der Waals surface area contributed by atoms with E-state index in [4.69, 9.17) is 27.4 Å². The second-order valence-corrected chi connectivity index (χ2v) is 6.91. The van der Waals surface area contributed by atoms with Gasteiger partial charge in [-0.1, -0.05) is 0 Å². The molecule has 0 saturated carbocycles. The maximum atomic E-state index is 12.6. The van der Waals surface area contributed by atoms with Crippen molar-refractivity contribution in [3.63, 3.8) is 0 Å². The van der Waals surface area contributed by atoms with Crippen molar-refractivity contribution >= 4 is 48.2 Å². The molecule has 0 heterocycles. The van der Waals surface area contributed by atoms with Crippen LogP contribution >= 0.6 is 12.6 Å². The molecule has 0 aromatic rings. The van der Waals surface area contributed by atoms with Gasteiger partial charge in [0.1, 0.15) is 18.1 Å². The second-order valence-electron chi connectivity index (χ2n) is 6.54. The first-order valence-corrected chi connectivity index (χ1v) is 9.94. The van der Waals surface area contributed by atoms with Crippen LogP contribution in [0.1, 0.15) is 19.3 Å². The molecule has 0 rings (SSSR count). The third-order valence-corrected chi connectivity index (χ3v) is 4.31. The molecule has 0 saturated heterocycles. The standard InChI is InChI=1S/C16H29N7O8S/c17-7(6-32)12(27)21-8(2-1-3-20-16(18)19)13(28)23-10(5-24)14(29)22-9(15(30)31)4-11(25)26/h7-10,24,32H,1-6,17H2,(H,21,27)(H,22,29)(H,23,28)(H,25,26)(H,30,31)(H4,18,19,20). The van der Waals surface area contributed by atoms with Crippen molar-refractivity contribution in [1.82, 2.24) is 16.0 Å². The van der Waals surface area contributed by atoms with Gasteiger partial charge in [0, 0.05) is 12.3 Å². The number of guanidine groups is 1. The van der Waals surface area contributed by atoms with E-state index in [2.05, 4.69) is 28.3 Å². The zero-order chi connectivity index (χ0) is 24.8. The number of aliphatic hydroxyl groups excluding tert-OH is 1. The van der Waals surface area contributed by atoms with Gasteiger partial charge in [0.15, 0.2) is 5.96 Å². The third-order valence-electron chi connectivity index (χ3n) is 3.92. The van der Waals surface area contributed by atoms with Gasteiger partial charge in [-0.2, -0.15) is 12.6 Å². The van der Waals surface area contributed by atoms with Gasteiger partial charge in [-0.25, -0.2) is 4.79 Å². The minimum atomic E-state index is -1.78. The summed E-state index contributed by atoms with van der Waals surface area (Å²) in [6, 6.07) is -5.61. The van der Waals surface area contributed by atoms with Gasteiger partial charge in [-0.3, -0.25) is 24.2 Å². The normalized spacial score (nSPS) is 14.2. The van der Waals surface area contributed by atoms with E-state index in [0.717, 1.165) is 0 Å². The van der Waals surface area contributed by atoms with Gasteiger partial charge >= 0.3 is 11.9 Å². The molecule has 0 bridgehead atoms. The molecule has 0 aromatic carbocycles. The summed E-state index contributed by atoms with van der Waals surface area (Å²) in [4.78, 5) is 62.5. The molecule has 4 unspecified atom stereocenters. The van der Waals surface area contributed by atoms with Gasteiger partial charge in [0.2, 0.25) is 17.7 Å². The van der Waals surface area contributed by atoms with Crippen LogP contribution in [-0.4, -0.2) is 94.0 Å². The van der Waals surface area contributed by atoms with E-state index >= 15 is 0 Å². The predicted molar refractivity (Wildman–Crippen MR) is 115 cm³/mol. The topological polar surface area (TPSA) is 273 Å². The summed E-state index contributed by atoms with van der Waals surface area (Å²) in [7, 11) is 0. The Kier molecular flexibility index (Phi) is 13.4. The van der Waals surface area contributed by atoms with Crippen molar-refractivity contribution in [3.05, 3.63) is 0 Å². The summed E-state index contributed by atoms with van der Waals surface area (Å²) in [5.74, 6) is -5.98. The van der Waals surface area contributed by atoms with Crippen LogP contribution in [0, 0.1) is 0 Å². The van der Waals surface area contributed by atoms with Crippen LogP contribution in [0.5, 0.6) is 0 Å². The summed E-state index contributed by atoms with van der Waals surface area (Å²) in [6.07, 6.45) is -0.634. The van der Waals surface area contributed by atoms with E-state index in [0.29, 0.717) is 0 Å². The number of hydrogen-bond donors (Lipinski definition) is 10. The summed E-state index contributed by atoms with van der Waals surface area (Å²) < 4.78 is 0. The number of nitrogens with one attached hydrogen (secondary N) is 3. The Labute approximate surface area is 188 Å². The summed E-state index contributed by atoms with van der Waals surface area (Å²) in [6.45, 7) is -0.790. The Bertz CT molecular complexity index is 717. The number of nitrogens with two attached hydrogens (primary N) is 3. The lowest BCUT2D eigenvalue weighted by Crippen LogP contribution is -2.58. The van der Waals surface area contributed by atoms with Crippen LogP contribution in [-0.2, 0) is 24.0 Å². The molecular weight excluding hydrogens is 450 g/mol. The van der Waals surface area contributed by atoms with Gasteiger partial charge in [-0.15, -0.1) is 0 Å². The van der Waals surface area contributed by atoms with Crippen molar-refractivity contribution in [2.75, 3.05) is 18.9 Å². The molecule has 12 N–H and O–H groups in total. The molecule has 0 aliphatic rings. The van der Waals surface area contributed by atoms with Crippen molar-refractivity contribution in [1.29, 1.82) is 0 Å². The molecule has 0 fully saturated rings. The largest absolute Gasteiger partial charge is 0.481 e. The number of carboxylic acid groups (broad SMARTS) is 2. The number of aliphatic hydroxyl groups is 1. The average Bonchev–Trinajstić information content (AvgIpc) is 2.71. The maximum absolute atomic E-state index is 12.6. The first-order chi connectivity index (χ1) is 14.9. The first-order valence-electron chi connectivity index (χ1n) is 9.31. The highest BCUT2D eigenvalue weighted by Gasteiger charge is 2.30. The molecule has 0 aliphatic carbocycles. The molecular formula is C16H29N7O8S. The minimum Gasteiger partial charge on any atom is -0.481 e. The van der Waals surface area contributed by atoms with Crippen molar-refractivity contribution in [3.8, 4) is 0 Å². The lowest BCUT2D eigenvalue weighted by Gasteiger charge is -2.24. The third kappa shape index (κ3) is 11.3. The Morgan fingerprint density at radius 3 is 1.91 bits per heavy atom. The average molecular weight is 480 g/mol. The number of carboxylic acids is 2. The molecule has 0 spiro atoms. The second kappa shape index (κ2) is 14.8. The fourth-order valence-electron chi connectivity index (χ4n) is 2.25. The zero-order valence-corrected chi connectivity index (χ0v) is 18.0. The van der Waals surface area contributed by atoms with Gasteiger partial charge in [-0.05, 0) is 12.8 Å². The Balaban J connectivity index is 5.28. The summed E-state index contributed by atoms with van der Waals surface area (Å²) >= 11 is 3.90. The Morgan fingerprint density at radius 2 is 1.44 bits per heavy atom. The predicted octanol–water partition coefficient (Wildman–Crippen LogP) is -4.70. The van der Waals surface area contributed by atoms with Crippen molar-refractivity contribution in [2.24, 2.45) is 22.2 Å². The molecule has 0 aliphatic heterocycles. The van der Waals surface area contributed by atoms with Crippen LogP contribution in [0.15, 0.2) is 4.99 Å². The van der Waals surface area contributed by atoms with Crippen molar-refractivity contribution in [2.45, 2.75) is 43.4 Å². The molecule has 32 heavy (non-hydrogen) atoms. The molecule has 0 aromatic heterocycles. The lowest BCUT2D eigenvalue weighted by molar-refractivity contribution is -0.147. The van der Waals surface area contributed by atoms with Crippen LogP contribution < -0.4 is 33.2 Å². The number of amides is 3. The van der Waals surface area contributed by atoms with Crippen LogP contribution in [0.3, 0.4) is 0 Å². The number of carbonyl (C=O) groups is 5. The number of nitrogens with zero attached hydrogens (tertiary/aromatic N) is 1. The van der Waals surface area contributed by atoms with Crippen LogP contribution in [0.4, 0.5) is 0 Å². The summed E-state index contributed by atoms with van der Waals surface area (Å²) in [5, 5.41) is 33.7. The van der Waals surface area contributed by atoms with Crippen LogP contribution in [0.2, 0.25) is 0 Å². The van der Waals surface area contributed by atoms with Gasteiger partial charge in [0.25, 0.3) is 0 Å². The molecule has 15 nitrogen and oxygen atoms in total. The smallest absolute Gasteiger partial charge is 0.326 e. The van der Waals surface area contributed by atoms with Gasteiger partial charge in [0.05, 0.1) is 19.1 Å². The van der Waals surface area contributed by atoms with E-state index in [1.165, 1.54) is 0 Å². The van der Waals surface area contributed by atoms with E-state index in [1.807, 2.05) is 5.32 Å². The monoisotopic (exact) mass is 479 g/mol. The fraction of sp³-hybridized carbons (Fsp3) is 0.625. The number of aliphatic carboxylic acids is 2. The maximum Gasteiger partial charge on any atom is 0.326 e. The number of carbonyl (C=O) groups excluding carboxylic acids is 3. The number of hydrogen-bond acceptors (Lipinski definition) is 9. The highest BCUT2D eigenvalue weighted by Crippen LogP contribution is 2.02. The van der Waals surface area contributed by atoms with E-state index in [1.54, 1.807) is 0 Å². The lowest BCUT2D eigenvalue weighted by atomic mass is 10.1. The molecule has 4 atom stereocenters. The molecule has 3 amide bonds. The zero-order valence-electron chi connectivity index (χ0n) is 17.1. The fourth-order valence-corrected chi connectivity index (χ4v) is 2.41. The van der Waals surface area contributed by atoms with E-state index in [9.17, 15) is 29.1 Å². The highest BCUT2D eigenvalue weighted by molar-refractivity contribution is 7.80. The van der Waals surface area contributed by atoms with Crippen LogP contribution in [0.25, 0.3) is 0 Å². The van der Waals surface area contributed by atoms with E-state index < -0.39 is 66.9 Å². The highest BCUT2D eigenvalue weighted by atomic mass is 32.1. The number of rotatable bonds is 15. The SMILES string of the molecule is NC(N)=NCCCC(NC(=O)C(N)CS)C(=O)NC(CO)C(=O)NC(CC(=O)O)C(=O)O. The first kappa shape index (κ1) is 28.9. The summed E-state index contributed by atoms with van der Waals surface area (Å²) in [5.41, 5.74) is 16.0.